The molecule has 0 bridgehead atoms. The molecule has 2 aromatic carbocycles. The molecule has 1 aromatic heterocycles. The fourth-order valence-corrected chi connectivity index (χ4v) is 5.57. The van der Waals surface area contributed by atoms with Gasteiger partial charge >= 0.3 is 0 Å². The molecule has 0 saturated carbocycles. The van der Waals surface area contributed by atoms with Gasteiger partial charge in [0.05, 0.1) is 15.9 Å². The number of rotatable bonds is 4. The number of non-ortho nitro benzene ring substituents is 1. The Balaban J connectivity index is 1.89. The van der Waals surface area contributed by atoms with E-state index in [1.54, 1.807) is 25.3 Å². The Morgan fingerprint density at radius 1 is 1.07 bits per heavy atom. The van der Waals surface area contributed by atoms with Gasteiger partial charge < -0.3 is 4.57 Å². The largest absolute Gasteiger partial charge is 0.348 e. The highest BCUT2D eigenvalue weighted by Crippen LogP contribution is 2.38. The third kappa shape index (κ3) is 3.27. The Labute approximate surface area is 171 Å². The van der Waals surface area contributed by atoms with E-state index in [2.05, 4.69) is 0 Å². The maximum absolute atomic E-state index is 14.0. The molecule has 0 N–H and O–H groups in total. The Hall–Kier alpha value is -3.11. The highest BCUT2D eigenvalue weighted by Gasteiger charge is 2.39. The van der Waals surface area contributed by atoms with Gasteiger partial charge in [0.15, 0.2) is 11.6 Å². The van der Waals surface area contributed by atoms with Crippen molar-refractivity contribution in [3.63, 3.8) is 0 Å². The molecule has 0 unspecified atom stereocenters. The van der Waals surface area contributed by atoms with Crippen LogP contribution in [0.5, 0.6) is 0 Å². The minimum atomic E-state index is -4.19. The smallest absolute Gasteiger partial charge is 0.270 e. The Morgan fingerprint density at radius 2 is 1.83 bits per heavy atom. The van der Waals surface area contributed by atoms with Gasteiger partial charge in [0, 0.05) is 37.1 Å². The van der Waals surface area contributed by atoms with Crippen molar-refractivity contribution in [3.8, 4) is 0 Å². The summed E-state index contributed by atoms with van der Waals surface area (Å²) in [5, 5.41) is 11.2. The molecule has 0 spiro atoms. The number of fused-ring (bicyclic) bond motifs is 1. The Morgan fingerprint density at radius 3 is 2.53 bits per heavy atom. The molecule has 0 saturated heterocycles. The van der Waals surface area contributed by atoms with Crippen LogP contribution in [0, 0.1) is 28.7 Å². The first-order valence-electron chi connectivity index (χ1n) is 9.07. The van der Waals surface area contributed by atoms with Crippen molar-refractivity contribution in [3.05, 3.63) is 93.3 Å². The molecule has 30 heavy (non-hydrogen) atoms. The maximum Gasteiger partial charge on any atom is 0.270 e. The number of halogens is 2. The SMILES string of the molecule is Cc1ccc([N+](=O)[O-])cc1S(=O)(=O)N1CCn2cccc2[C@@H]1c1ccc(F)c(F)c1. The molecule has 10 heteroatoms. The van der Waals surface area contributed by atoms with Crippen molar-refractivity contribution in [1.82, 2.24) is 8.87 Å². The van der Waals surface area contributed by atoms with Crippen LogP contribution >= 0.6 is 0 Å². The van der Waals surface area contributed by atoms with Crippen molar-refractivity contribution < 1.29 is 22.1 Å². The predicted molar refractivity (Wildman–Crippen MR) is 104 cm³/mol. The predicted octanol–water partition coefficient (Wildman–Crippen LogP) is 3.78. The number of nitrogens with zero attached hydrogens (tertiary/aromatic N) is 3. The number of nitro benzene ring substituents is 1. The molecule has 1 atom stereocenters. The topological polar surface area (TPSA) is 85.4 Å². The van der Waals surface area contributed by atoms with Gasteiger partial charge in [0.1, 0.15) is 0 Å². The fourth-order valence-electron chi connectivity index (χ4n) is 3.75. The average Bonchev–Trinajstić information content (AvgIpc) is 3.18. The summed E-state index contributed by atoms with van der Waals surface area (Å²) < 4.78 is 57.6. The van der Waals surface area contributed by atoms with Crippen LogP contribution in [0.1, 0.15) is 22.9 Å². The summed E-state index contributed by atoms with van der Waals surface area (Å²) in [6.45, 7) is 1.97. The van der Waals surface area contributed by atoms with E-state index in [0.29, 0.717) is 17.8 Å². The zero-order valence-electron chi connectivity index (χ0n) is 15.8. The molecule has 1 aliphatic rings. The van der Waals surface area contributed by atoms with Crippen LogP contribution in [0.4, 0.5) is 14.5 Å². The van der Waals surface area contributed by atoms with E-state index in [4.69, 9.17) is 0 Å². The lowest BCUT2D eigenvalue weighted by molar-refractivity contribution is -0.385. The summed E-state index contributed by atoms with van der Waals surface area (Å²) in [6, 6.07) is 9.47. The van der Waals surface area contributed by atoms with Crippen molar-refractivity contribution in [2.24, 2.45) is 0 Å². The van der Waals surface area contributed by atoms with Crippen LogP contribution < -0.4 is 0 Å². The normalized spacial score (nSPS) is 17.0. The highest BCUT2D eigenvalue weighted by atomic mass is 32.2. The van der Waals surface area contributed by atoms with Crippen molar-refractivity contribution in [1.29, 1.82) is 0 Å². The van der Waals surface area contributed by atoms with Gasteiger partial charge in [0.2, 0.25) is 10.0 Å². The molecule has 1 aliphatic heterocycles. The summed E-state index contributed by atoms with van der Waals surface area (Å²) in [5.41, 5.74) is 0.869. The number of aryl methyl sites for hydroxylation is 1. The van der Waals surface area contributed by atoms with Crippen molar-refractivity contribution in [2.75, 3.05) is 6.54 Å². The lowest BCUT2D eigenvalue weighted by atomic mass is 10.0. The van der Waals surface area contributed by atoms with E-state index < -0.39 is 32.6 Å². The Bertz CT molecular complexity index is 1260. The molecular formula is C20H17F2N3O4S. The van der Waals surface area contributed by atoms with E-state index >= 15 is 0 Å². The second kappa shape index (κ2) is 7.29. The molecule has 0 amide bonds. The number of nitro groups is 1. The molecule has 156 valence electrons. The van der Waals surface area contributed by atoms with E-state index in [1.807, 2.05) is 4.57 Å². The van der Waals surface area contributed by atoms with Crippen molar-refractivity contribution >= 4 is 15.7 Å². The van der Waals surface area contributed by atoms with Crippen LogP contribution in [0.25, 0.3) is 0 Å². The lowest BCUT2D eigenvalue weighted by Crippen LogP contribution is -2.42. The molecule has 3 aromatic rings. The number of aromatic nitrogens is 1. The standard InChI is InChI=1S/C20H17F2N3O4S/c1-13-4-6-15(25(26)27)12-19(13)30(28,29)24-10-9-23-8-2-3-18(23)20(24)14-5-7-16(21)17(22)11-14/h2-8,11-12,20H,9-10H2,1H3/t20-/m0/s1. The van der Waals surface area contributed by atoms with Crippen molar-refractivity contribution in [2.45, 2.75) is 24.4 Å². The molecule has 2 heterocycles. The maximum atomic E-state index is 14.0. The van der Waals surface area contributed by atoms with Gasteiger partial charge in [-0.25, -0.2) is 17.2 Å². The number of benzene rings is 2. The number of hydrogen-bond acceptors (Lipinski definition) is 4. The minimum absolute atomic E-state index is 0.0653. The quantitative estimate of drug-likeness (QED) is 0.463. The van der Waals surface area contributed by atoms with Gasteiger partial charge in [0.25, 0.3) is 5.69 Å². The van der Waals surface area contributed by atoms with E-state index in [-0.39, 0.29) is 22.7 Å². The van der Waals surface area contributed by atoms with Crippen LogP contribution in [0.3, 0.4) is 0 Å². The van der Waals surface area contributed by atoms with Gasteiger partial charge in [-0.3, -0.25) is 10.1 Å². The van der Waals surface area contributed by atoms with Gasteiger partial charge in [-0.15, -0.1) is 0 Å². The van der Waals surface area contributed by atoms with E-state index in [9.17, 15) is 27.3 Å². The van der Waals surface area contributed by atoms with E-state index in [1.165, 1.54) is 22.5 Å². The average molecular weight is 433 g/mol. The minimum Gasteiger partial charge on any atom is -0.348 e. The summed E-state index contributed by atoms with van der Waals surface area (Å²) in [5.74, 6) is -2.12. The Kier molecular flexibility index (Phi) is 4.91. The first-order chi connectivity index (χ1) is 14.2. The summed E-state index contributed by atoms with van der Waals surface area (Å²) >= 11 is 0. The van der Waals surface area contributed by atoms with Gasteiger partial charge in [-0.05, 0) is 42.3 Å². The van der Waals surface area contributed by atoms with E-state index in [0.717, 1.165) is 18.2 Å². The fraction of sp³-hybridized carbons (Fsp3) is 0.200. The number of sulfonamides is 1. The first kappa shape index (κ1) is 20.2. The molecule has 0 fully saturated rings. The molecule has 4 rings (SSSR count). The third-order valence-corrected chi connectivity index (χ3v) is 7.23. The zero-order chi connectivity index (χ0) is 21.6. The second-order valence-corrected chi connectivity index (χ2v) is 8.88. The van der Waals surface area contributed by atoms with Crippen LogP contribution in [0.2, 0.25) is 0 Å². The summed E-state index contributed by atoms with van der Waals surface area (Å²) in [7, 11) is -4.19. The zero-order valence-corrected chi connectivity index (χ0v) is 16.6. The highest BCUT2D eigenvalue weighted by molar-refractivity contribution is 7.89. The summed E-state index contributed by atoms with van der Waals surface area (Å²) in [6.07, 6.45) is 1.78. The van der Waals surface area contributed by atoms with Crippen LogP contribution in [-0.2, 0) is 16.6 Å². The summed E-state index contributed by atoms with van der Waals surface area (Å²) in [4.78, 5) is 10.3. The van der Waals surface area contributed by atoms with Gasteiger partial charge in [-0.1, -0.05) is 12.1 Å². The van der Waals surface area contributed by atoms with Crippen LogP contribution in [0.15, 0.2) is 59.6 Å². The monoisotopic (exact) mass is 433 g/mol. The lowest BCUT2D eigenvalue weighted by Gasteiger charge is -2.36. The first-order valence-corrected chi connectivity index (χ1v) is 10.5. The molecular weight excluding hydrogens is 416 g/mol. The second-order valence-electron chi connectivity index (χ2n) is 7.03. The van der Waals surface area contributed by atoms with Gasteiger partial charge in [-0.2, -0.15) is 4.31 Å². The third-order valence-electron chi connectivity index (χ3n) is 5.22. The number of hydrogen-bond donors (Lipinski definition) is 0. The van der Waals surface area contributed by atoms with Crippen LogP contribution in [-0.4, -0.2) is 28.8 Å². The molecule has 7 nitrogen and oxygen atoms in total. The molecule has 0 radical (unpaired) electrons. The molecule has 0 aliphatic carbocycles.